The maximum Gasteiger partial charge on any atom is 0.279 e. The highest BCUT2D eigenvalue weighted by atomic mass is 32.2. The Kier molecular flexibility index (Phi) is 5.68. The highest BCUT2D eigenvalue weighted by molar-refractivity contribution is 7.87. The number of nitrogens with one attached hydrogen (secondary N) is 2. The molecule has 1 aliphatic heterocycles. The van der Waals surface area contributed by atoms with Crippen molar-refractivity contribution in [3.05, 3.63) is 0 Å². The number of rotatable bonds is 7. The van der Waals surface area contributed by atoms with Gasteiger partial charge in [-0.25, -0.2) is 4.72 Å². The first-order valence-electron chi connectivity index (χ1n) is 8.29. The van der Waals surface area contributed by atoms with Crippen molar-refractivity contribution in [2.75, 3.05) is 26.2 Å². The van der Waals surface area contributed by atoms with Gasteiger partial charge in [0.25, 0.3) is 10.2 Å². The summed E-state index contributed by atoms with van der Waals surface area (Å²) in [4.78, 5) is 0. The van der Waals surface area contributed by atoms with Gasteiger partial charge in [0, 0.05) is 25.7 Å². The average molecular weight is 317 g/mol. The van der Waals surface area contributed by atoms with Gasteiger partial charge in [-0.15, -0.1) is 0 Å². The van der Waals surface area contributed by atoms with Crippen LogP contribution in [0.2, 0.25) is 0 Å². The first-order valence-corrected chi connectivity index (χ1v) is 9.73. The third-order valence-corrected chi connectivity index (χ3v) is 6.52. The molecule has 0 radical (unpaired) electrons. The molecule has 5 nitrogen and oxygen atoms in total. The van der Waals surface area contributed by atoms with E-state index in [9.17, 15) is 8.42 Å². The second kappa shape index (κ2) is 6.94. The predicted molar refractivity (Wildman–Crippen MR) is 86.3 cm³/mol. The van der Waals surface area contributed by atoms with Gasteiger partial charge in [0.15, 0.2) is 0 Å². The van der Waals surface area contributed by atoms with Gasteiger partial charge in [-0.05, 0) is 43.6 Å². The topological polar surface area (TPSA) is 61.4 Å². The summed E-state index contributed by atoms with van der Waals surface area (Å²) >= 11 is 0. The Morgan fingerprint density at radius 1 is 1.24 bits per heavy atom. The molecule has 21 heavy (non-hydrogen) atoms. The predicted octanol–water partition coefficient (Wildman–Crippen LogP) is 1.72. The lowest BCUT2D eigenvalue weighted by atomic mass is 9.71. The van der Waals surface area contributed by atoms with Crippen molar-refractivity contribution >= 4 is 10.2 Å². The van der Waals surface area contributed by atoms with Crippen molar-refractivity contribution in [2.24, 2.45) is 11.3 Å². The van der Waals surface area contributed by atoms with E-state index >= 15 is 0 Å². The maximum absolute atomic E-state index is 12.3. The van der Waals surface area contributed by atoms with Crippen molar-refractivity contribution in [2.45, 2.75) is 58.9 Å². The maximum atomic E-state index is 12.3. The van der Waals surface area contributed by atoms with E-state index in [1.54, 1.807) is 4.31 Å². The van der Waals surface area contributed by atoms with E-state index in [0.29, 0.717) is 31.6 Å². The van der Waals surface area contributed by atoms with Crippen LogP contribution in [-0.2, 0) is 10.2 Å². The standard InChI is InChI=1S/C15H31N3O2S/c1-13(2)16-11-14-5-9-18(10-6-14)21(19,20)17-12-15(3)7-4-8-15/h13-14,16-17H,4-12H2,1-3H3. The molecule has 2 N–H and O–H groups in total. The molecule has 0 aromatic carbocycles. The Morgan fingerprint density at radius 2 is 1.86 bits per heavy atom. The lowest BCUT2D eigenvalue weighted by Gasteiger charge is -2.39. The summed E-state index contributed by atoms with van der Waals surface area (Å²) in [5.74, 6) is 0.600. The molecular formula is C15H31N3O2S. The summed E-state index contributed by atoms with van der Waals surface area (Å²) in [7, 11) is -3.28. The van der Waals surface area contributed by atoms with Crippen LogP contribution in [0.25, 0.3) is 0 Å². The molecule has 1 aliphatic carbocycles. The molecule has 2 fully saturated rings. The molecule has 0 bridgehead atoms. The Labute approximate surface area is 130 Å². The van der Waals surface area contributed by atoms with Crippen molar-refractivity contribution < 1.29 is 8.42 Å². The molecule has 0 spiro atoms. The second-order valence-corrected chi connectivity index (χ2v) is 9.15. The van der Waals surface area contributed by atoms with Crippen LogP contribution in [0.3, 0.4) is 0 Å². The van der Waals surface area contributed by atoms with Crippen LogP contribution in [0, 0.1) is 11.3 Å². The summed E-state index contributed by atoms with van der Waals surface area (Å²) in [5, 5.41) is 3.45. The zero-order valence-corrected chi connectivity index (χ0v) is 14.5. The number of piperidine rings is 1. The highest BCUT2D eigenvalue weighted by Gasteiger charge is 2.34. The van der Waals surface area contributed by atoms with Crippen LogP contribution < -0.4 is 10.0 Å². The number of hydrogen-bond donors (Lipinski definition) is 2. The molecule has 2 rings (SSSR count). The van der Waals surface area contributed by atoms with Crippen molar-refractivity contribution in [1.29, 1.82) is 0 Å². The minimum absolute atomic E-state index is 0.187. The molecule has 1 saturated carbocycles. The minimum atomic E-state index is -3.28. The van der Waals surface area contributed by atoms with Gasteiger partial charge in [-0.1, -0.05) is 27.2 Å². The van der Waals surface area contributed by atoms with E-state index in [1.807, 2.05) is 0 Å². The Hall–Kier alpha value is -0.170. The van der Waals surface area contributed by atoms with Crippen LogP contribution in [0.15, 0.2) is 0 Å². The van der Waals surface area contributed by atoms with Crippen LogP contribution in [0.5, 0.6) is 0 Å². The minimum Gasteiger partial charge on any atom is -0.314 e. The van der Waals surface area contributed by atoms with E-state index in [2.05, 4.69) is 30.8 Å². The van der Waals surface area contributed by atoms with Gasteiger partial charge in [0.1, 0.15) is 0 Å². The second-order valence-electron chi connectivity index (χ2n) is 7.40. The monoisotopic (exact) mass is 317 g/mol. The average Bonchev–Trinajstić information content (AvgIpc) is 2.41. The molecule has 1 saturated heterocycles. The largest absolute Gasteiger partial charge is 0.314 e. The first kappa shape index (κ1) is 17.2. The summed E-state index contributed by atoms with van der Waals surface area (Å²) < 4.78 is 29.1. The fraction of sp³-hybridized carbons (Fsp3) is 1.00. The smallest absolute Gasteiger partial charge is 0.279 e. The van der Waals surface area contributed by atoms with E-state index < -0.39 is 10.2 Å². The Bertz CT molecular complexity index is 424. The van der Waals surface area contributed by atoms with Crippen molar-refractivity contribution in [3.63, 3.8) is 0 Å². The van der Waals surface area contributed by atoms with Gasteiger partial charge in [-0.2, -0.15) is 12.7 Å². The third-order valence-electron chi connectivity index (χ3n) is 4.97. The molecule has 124 valence electrons. The number of nitrogens with zero attached hydrogens (tertiary/aromatic N) is 1. The van der Waals surface area contributed by atoms with Gasteiger partial charge in [0.05, 0.1) is 0 Å². The van der Waals surface area contributed by atoms with E-state index in [4.69, 9.17) is 0 Å². The molecule has 0 amide bonds. The van der Waals surface area contributed by atoms with E-state index in [0.717, 1.165) is 32.2 Å². The lowest BCUT2D eigenvalue weighted by Crippen LogP contribution is -2.49. The molecule has 2 aliphatic rings. The molecule has 0 unspecified atom stereocenters. The zero-order valence-electron chi connectivity index (χ0n) is 13.7. The molecular weight excluding hydrogens is 286 g/mol. The van der Waals surface area contributed by atoms with Gasteiger partial charge < -0.3 is 5.32 Å². The summed E-state index contributed by atoms with van der Waals surface area (Å²) in [5.41, 5.74) is 0.187. The molecule has 6 heteroatoms. The van der Waals surface area contributed by atoms with Gasteiger partial charge in [0.2, 0.25) is 0 Å². The highest BCUT2D eigenvalue weighted by Crippen LogP contribution is 2.39. The van der Waals surface area contributed by atoms with Gasteiger partial charge in [-0.3, -0.25) is 0 Å². The molecule has 1 heterocycles. The molecule has 0 atom stereocenters. The normalized spacial score (nSPS) is 24.2. The summed E-state index contributed by atoms with van der Waals surface area (Å²) in [6.45, 7) is 9.34. The quantitative estimate of drug-likeness (QED) is 0.751. The first-order chi connectivity index (χ1) is 9.81. The van der Waals surface area contributed by atoms with E-state index in [1.165, 1.54) is 6.42 Å². The van der Waals surface area contributed by atoms with Crippen LogP contribution in [0.1, 0.15) is 52.9 Å². The van der Waals surface area contributed by atoms with Crippen molar-refractivity contribution in [3.8, 4) is 0 Å². The summed E-state index contributed by atoms with van der Waals surface area (Å²) in [6, 6.07) is 0.497. The molecule has 0 aromatic heterocycles. The molecule has 0 aromatic rings. The zero-order chi connectivity index (χ0) is 15.5. The third kappa shape index (κ3) is 4.91. The van der Waals surface area contributed by atoms with Crippen LogP contribution in [-0.4, -0.2) is 44.9 Å². The van der Waals surface area contributed by atoms with Crippen molar-refractivity contribution in [1.82, 2.24) is 14.3 Å². The number of hydrogen-bond acceptors (Lipinski definition) is 3. The fourth-order valence-electron chi connectivity index (χ4n) is 3.07. The Balaban J connectivity index is 1.75. The van der Waals surface area contributed by atoms with Crippen LogP contribution >= 0.6 is 0 Å². The van der Waals surface area contributed by atoms with Crippen LogP contribution in [0.4, 0.5) is 0 Å². The fourth-order valence-corrected chi connectivity index (χ4v) is 4.47. The Morgan fingerprint density at radius 3 is 2.33 bits per heavy atom. The SMILES string of the molecule is CC(C)NCC1CCN(S(=O)(=O)NCC2(C)CCC2)CC1. The summed E-state index contributed by atoms with van der Waals surface area (Å²) in [6.07, 6.45) is 5.42. The van der Waals surface area contributed by atoms with E-state index in [-0.39, 0.29) is 5.41 Å². The lowest BCUT2D eigenvalue weighted by molar-refractivity contribution is 0.164. The van der Waals surface area contributed by atoms with Gasteiger partial charge >= 0.3 is 0 Å².